The largest absolute Gasteiger partial charge is 0.384 e. The first kappa shape index (κ1) is 10.3. The van der Waals surface area contributed by atoms with Gasteiger partial charge in [0.25, 0.3) is 0 Å². The van der Waals surface area contributed by atoms with Crippen LogP contribution < -0.4 is 0 Å². The van der Waals surface area contributed by atoms with E-state index in [-0.39, 0.29) is 0 Å². The van der Waals surface area contributed by atoms with Crippen LogP contribution in [0.1, 0.15) is 6.92 Å². The molecule has 62 valence electrons. The van der Waals surface area contributed by atoms with Crippen LogP contribution in [0.5, 0.6) is 0 Å². The standard InChI is InChI=1S/C7H16O2S/c1-7(6-9-3)10-5-4-8-2/h7H,4-6H2,1-3H3. The lowest BCUT2D eigenvalue weighted by molar-refractivity contribution is 0.202. The van der Waals surface area contributed by atoms with E-state index < -0.39 is 0 Å². The Kier molecular flexibility index (Phi) is 7.58. The van der Waals surface area contributed by atoms with Gasteiger partial charge in [-0.2, -0.15) is 11.8 Å². The third-order valence-corrected chi connectivity index (χ3v) is 2.20. The highest BCUT2D eigenvalue weighted by molar-refractivity contribution is 7.99. The molecule has 0 aromatic heterocycles. The molecule has 0 aliphatic heterocycles. The van der Waals surface area contributed by atoms with Gasteiger partial charge in [0.2, 0.25) is 0 Å². The van der Waals surface area contributed by atoms with Crippen molar-refractivity contribution in [3.05, 3.63) is 0 Å². The van der Waals surface area contributed by atoms with Crippen molar-refractivity contribution >= 4 is 11.8 Å². The molecule has 0 heterocycles. The Labute approximate surface area is 67.3 Å². The van der Waals surface area contributed by atoms with Gasteiger partial charge in [-0.1, -0.05) is 6.92 Å². The maximum atomic E-state index is 4.97. The summed E-state index contributed by atoms with van der Waals surface area (Å²) in [5.74, 6) is 1.06. The molecular formula is C7H16O2S. The molecule has 3 heteroatoms. The van der Waals surface area contributed by atoms with Crippen molar-refractivity contribution in [2.75, 3.05) is 33.2 Å². The fourth-order valence-electron chi connectivity index (χ4n) is 0.615. The van der Waals surface area contributed by atoms with Gasteiger partial charge < -0.3 is 9.47 Å². The Morgan fingerprint density at radius 1 is 1.30 bits per heavy atom. The van der Waals surface area contributed by atoms with Crippen LogP contribution in [0, 0.1) is 0 Å². The van der Waals surface area contributed by atoms with Crippen molar-refractivity contribution in [1.29, 1.82) is 0 Å². The van der Waals surface area contributed by atoms with Crippen LogP contribution in [0.15, 0.2) is 0 Å². The van der Waals surface area contributed by atoms with Crippen LogP contribution >= 0.6 is 11.8 Å². The van der Waals surface area contributed by atoms with Crippen molar-refractivity contribution in [3.8, 4) is 0 Å². The molecule has 0 aliphatic rings. The van der Waals surface area contributed by atoms with Crippen LogP contribution in [0.4, 0.5) is 0 Å². The highest BCUT2D eigenvalue weighted by atomic mass is 32.2. The number of hydrogen-bond acceptors (Lipinski definition) is 3. The number of rotatable bonds is 6. The van der Waals surface area contributed by atoms with E-state index in [1.807, 2.05) is 11.8 Å². The predicted molar refractivity (Wildman–Crippen MR) is 45.7 cm³/mol. The van der Waals surface area contributed by atoms with Crippen molar-refractivity contribution in [1.82, 2.24) is 0 Å². The van der Waals surface area contributed by atoms with E-state index in [0.29, 0.717) is 5.25 Å². The minimum Gasteiger partial charge on any atom is -0.384 e. The molecule has 0 amide bonds. The molecule has 0 aromatic carbocycles. The lowest BCUT2D eigenvalue weighted by atomic mass is 10.5. The molecule has 1 unspecified atom stereocenters. The minimum absolute atomic E-state index is 0.583. The molecule has 0 fully saturated rings. The fraction of sp³-hybridized carbons (Fsp3) is 1.00. The zero-order valence-corrected chi connectivity index (χ0v) is 7.74. The van der Waals surface area contributed by atoms with E-state index in [9.17, 15) is 0 Å². The number of ether oxygens (including phenoxy) is 2. The molecule has 0 N–H and O–H groups in total. The molecule has 0 radical (unpaired) electrons. The molecule has 2 nitrogen and oxygen atoms in total. The molecule has 0 saturated heterocycles. The highest BCUT2D eigenvalue weighted by Crippen LogP contribution is 2.09. The number of hydrogen-bond donors (Lipinski definition) is 0. The van der Waals surface area contributed by atoms with Crippen molar-refractivity contribution in [3.63, 3.8) is 0 Å². The van der Waals surface area contributed by atoms with Gasteiger partial charge >= 0.3 is 0 Å². The molecular weight excluding hydrogens is 148 g/mol. The van der Waals surface area contributed by atoms with E-state index in [0.717, 1.165) is 19.0 Å². The topological polar surface area (TPSA) is 18.5 Å². The van der Waals surface area contributed by atoms with Crippen LogP contribution in [-0.2, 0) is 9.47 Å². The van der Waals surface area contributed by atoms with Crippen LogP contribution in [0.2, 0.25) is 0 Å². The summed E-state index contributed by atoms with van der Waals surface area (Å²) in [5.41, 5.74) is 0. The van der Waals surface area contributed by atoms with Gasteiger partial charge in [-0.15, -0.1) is 0 Å². The summed E-state index contributed by atoms with van der Waals surface area (Å²) in [6.45, 7) is 3.82. The quantitative estimate of drug-likeness (QED) is 0.553. The molecule has 10 heavy (non-hydrogen) atoms. The monoisotopic (exact) mass is 164 g/mol. The highest BCUT2D eigenvalue weighted by Gasteiger charge is 1.99. The van der Waals surface area contributed by atoms with Crippen molar-refractivity contribution in [2.45, 2.75) is 12.2 Å². The summed E-state index contributed by atoms with van der Waals surface area (Å²) in [7, 11) is 3.45. The smallest absolute Gasteiger partial charge is 0.0578 e. The Morgan fingerprint density at radius 3 is 2.50 bits per heavy atom. The first-order valence-corrected chi connectivity index (χ1v) is 4.45. The van der Waals surface area contributed by atoms with E-state index >= 15 is 0 Å². The number of methoxy groups -OCH3 is 2. The predicted octanol–water partition coefficient (Wildman–Crippen LogP) is 1.40. The third-order valence-electron chi connectivity index (χ3n) is 1.09. The van der Waals surface area contributed by atoms with E-state index in [1.54, 1.807) is 14.2 Å². The van der Waals surface area contributed by atoms with Gasteiger partial charge in [-0.25, -0.2) is 0 Å². The first-order valence-electron chi connectivity index (χ1n) is 3.40. The van der Waals surface area contributed by atoms with E-state index in [1.165, 1.54) is 0 Å². The third kappa shape index (κ3) is 6.39. The van der Waals surface area contributed by atoms with Gasteiger partial charge in [-0.05, 0) is 0 Å². The maximum absolute atomic E-state index is 4.97. The lowest BCUT2D eigenvalue weighted by Crippen LogP contribution is -2.07. The average Bonchev–Trinajstić information content (AvgIpc) is 1.89. The second kappa shape index (κ2) is 7.38. The Balaban J connectivity index is 2.97. The van der Waals surface area contributed by atoms with E-state index in [2.05, 4.69) is 6.92 Å². The lowest BCUT2D eigenvalue weighted by Gasteiger charge is -2.08. The summed E-state index contributed by atoms with van der Waals surface area (Å²) in [4.78, 5) is 0. The second-order valence-corrected chi connectivity index (χ2v) is 3.68. The second-order valence-electron chi connectivity index (χ2n) is 2.13. The van der Waals surface area contributed by atoms with Crippen LogP contribution in [0.3, 0.4) is 0 Å². The van der Waals surface area contributed by atoms with Crippen LogP contribution in [0.25, 0.3) is 0 Å². The SMILES string of the molecule is COCCSC(C)COC. The Hall–Kier alpha value is 0.270. The summed E-state index contributed by atoms with van der Waals surface area (Å²) in [6, 6.07) is 0. The summed E-state index contributed by atoms with van der Waals surface area (Å²) >= 11 is 1.88. The molecule has 1 atom stereocenters. The molecule has 0 saturated carbocycles. The summed E-state index contributed by atoms with van der Waals surface area (Å²) in [6.07, 6.45) is 0. The summed E-state index contributed by atoms with van der Waals surface area (Å²) in [5, 5.41) is 0.583. The van der Waals surface area contributed by atoms with Gasteiger partial charge in [0, 0.05) is 25.2 Å². The Bertz CT molecular complexity index is 68.6. The van der Waals surface area contributed by atoms with Gasteiger partial charge in [0.05, 0.1) is 13.2 Å². The Morgan fingerprint density at radius 2 is 2.00 bits per heavy atom. The van der Waals surface area contributed by atoms with Crippen LogP contribution in [-0.4, -0.2) is 38.4 Å². The molecule has 0 bridgehead atoms. The average molecular weight is 164 g/mol. The molecule has 0 rings (SSSR count). The summed E-state index contributed by atoms with van der Waals surface area (Å²) < 4.78 is 9.88. The molecule has 0 aliphatic carbocycles. The van der Waals surface area contributed by atoms with E-state index in [4.69, 9.17) is 9.47 Å². The van der Waals surface area contributed by atoms with Crippen molar-refractivity contribution in [2.24, 2.45) is 0 Å². The minimum atomic E-state index is 0.583. The zero-order chi connectivity index (χ0) is 7.82. The van der Waals surface area contributed by atoms with Gasteiger partial charge in [0.15, 0.2) is 0 Å². The maximum Gasteiger partial charge on any atom is 0.0578 e. The molecule has 0 spiro atoms. The van der Waals surface area contributed by atoms with Gasteiger partial charge in [-0.3, -0.25) is 0 Å². The zero-order valence-electron chi connectivity index (χ0n) is 6.92. The van der Waals surface area contributed by atoms with Gasteiger partial charge in [0.1, 0.15) is 0 Å². The number of thioether (sulfide) groups is 1. The normalized spacial score (nSPS) is 13.5. The van der Waals surface area contributed by atoms with Crippen molar-refractivity contribution < 1.29 is 9.47 Å². The fourth-order valence-corrected chi connectivity index (χ4v) is 1.51. The molecule has 0 aromatic rings. The first-order chi connectivity index (χ1) is 4.81.